The Morgan fingerprint density at radius 1 is 0.842 bits per heavy atom. The highest BCUT2D eigenvalue weighted by atomic mass is 19.1. The van der Waals surface area contributed by atoms with Gasteiger partial charge in [0.2, 0.25) is 0 Å². The van der Waals surface area contributed by atoms with E-state index in [0.717, 1.165) is 11.3 Å². The van der Waals surface area contributed by atoms with Gasteiger partial charge < -0.3 is 5.32 Å². The molecule has 2 aromatic carbocycles. The van der Waals surface area contributed by atoms with Crippen LogP contribution in [0.4, 0.5) is 14.5 Å². The van der Waals surface area contributed by atoms with Gasteiger partial charge in [-0.1, -0.05) is 12.1 Å². The fourth-order valence-corrected chi connectivity index (χ4v) is 2.30. The van der Waals surface area contributed by atoms with Gasteiger partial charge in [-0.2, -0.15) is 0 Å². The molecule has 1 aliphatic carbocycles. The Balaban J connectivity index is 1.81. The number of halogens is 2. The van der Waals surface area contributed by atoms with E-state index in [-0.39, 0.29) is 17.7 Å². The lowest BCUT2D eigenvalue weighted by Gasteiger charge is -2.20. The molecule has 0 bridgehead atoms. The fraction of sp³-hybridized carbons (Fsp3) is 0.250. The molecule has 1 atom stereocenters. The third kappa shape index (κ3) is 2.92. The first-order valence-electron chi connectivity index (χ1n) is 6.50. The smallest absolute Gasteiger partial charge is 0.123 e. The van der Waals surface area contributed by atoms with Crippen LogP contribution in [0.3, 0.4) is 0 Å². The second-order valence-corrected chi connectivity index (χ2v) is 5.02. The molecular weight excluding hydrogens is 244 g/mol. The lowest BCUT2D eigenvalue weighted by atomic mass is 10.0. The molecule has 0 radical (unpaired) electrons. The van der Waals surface area contributed by atoms with Crippen LogP contribution in [0.15, 0.2) is 48.5 Å². The summed E-state index contributed by atoms with van der Waals surface area (Å²) in [7, 11) is 0. The summed E-state index contributed by atoms with van der Waals surface area (Å²) in [6.45, 7) is 0. The van der Waals surface area contributed by atoms with Crippen molar-refractivity contribution in [3.05, 3.63) is 65.7 Å². The van der Waals surface area contributed by atoms with Gasteiger partial charge in [-0.05, 0) is 60.7 Å². The minimum Gasteiger partial charge on any atom is -0.378 e. The van der Waals surface area contributed by atoms with Gasteiger partial charge in [0.05, 0.1) is 6.04 Å². The minimum atomic E-state index is -0.240. The van der Waals surface area contributed by atoms with Gasteiger partial charge in [0.25, 0.3) is 0 Å². The van der Waals surface area contributed by atoms with Gasteiger partial charge in [-0.15, -0.1) is 0 Å². The average Bonchev–Trinajstić information content (AvgIpc) is 3.24. The summed E-state index contributed by atoms with van der Waals surface area (Å²) in [6, 6.07) is 13.1. The van der Waals surface area contributed by atoms with Crippen LogP contribution in [0.25, 0.3) is 0 Å². The monoisotopic (exact) mass is 259 g/mol. The molecule has 1 aliphatic rings. The van der Waals surface area contributed by atoms with Crippen molar-refractivity contribution < 1.29 is 8.78 Å². The molecule has 3 rings (SSSR count). The second-order valence-electron chi connectivity index (χ2n) is 5.02. The molecule has 1 N–H and O–H groups in total. The standard InChI is InChI=1S/C16H15F2N/c17-13-5-3-12(4-6-13)16(11-1-2-11)19-15-9-7-14(18)8-10-15/h3-11,16,19H,1-2H2. The summed E-state index contributed by atoms with van der Waals surface area (Å²) in [5.74, 6) is 0.117. The Labute approximate surface area is 111 Å². The van der Waals surface area contributed by atoms with Crippen LogP contribution in [0.1, 0.15) is 24.4 Å². The molecule has 0 amide bonds. The van der Waals surface area contributed by atoms with Crippen LogP contribution < -0.4 is 5.32 Å². The summed E-state index contributed by atoms with van der Waals surface area (Å²) in [5, 5.41) is 3.41. The molecule has 1 fully saturated rings. The molecule has 1 saturated carbocycles. The second kappa shape index (κ2) is 5.00. The van der Waals surface area contributed by atoms with Crippen molar-refractivity contribution in [1.82, 2.24) is 0 Å². The predicted molar refractivity (Wildman–Crippen MR) is 71.9 cm³/mol. The lowest BCUT2D eigenvalue weighted by molar-refractivity contribution is 0.621. The predicted octanol–water partition coefficient (Wildman–Crippen LogP) is 4.53. The Hall–Kier alpha value is -1.90. The molecule has 0 aliphatic heterocycles. The van der Waals surface area contributed by atoms with Crippen molar-refractivity contribution in [2.45, 2.75) is 18.9 Å². The topological polar surface area (TPSA) is 12.0 Å². The van der Waals surface area contributed by atoms with Crippen molar-refractivity contribution >= 4 is 5.69 Å². The molecule has 0 heterocycles. The summed E-state index contributed by atoms with van der Waals surface area (Å²) >= 11 is 0. The molecule has 0 spiro atoms. The fourth-order valence-electron chi connectivity index (χ4n) is 2.30. The summed E-state index contributed by atoms with van der Waals surface area (Å²) < 4.78 is 25.9. The summed E-state index contributed by atoms with van der Waals surface area (Å²) in [5.41, 5.74) is 1.97. The molecule has 0 aromatic heterocycles. The van der Waals surface area contributed by atoms with Crippen LogP contribution in [0.2, 0.25) is 0 Å². The highest BCUT2D eigenvalue weighted by Gasteiger charge is 2.32. The lowest BCUT2D eigenvalue weighted by Crippen LogP contribution is -2.12. The first kappa shape index (κ1) is 12.2. The van der Waals surface area contributed by atoms with Crippen molar-refractivity contribution in [3.63, 3.8) is 0 Å². The maximum absolute atomic E-state index is 13.0. The Morgan fingerprint density at radius 2 is 1.37 bits per heavy atom. The van der Waals surface area contributed by atoms with E-state index in [1.807, 2.05) is 12.1 Å². The zero-order valence-electron chi connectivity index (χ0n) is 10.4. The summed E-state index contributed by atoms with van der Waals surface area (Å²) in [6.07, 6.45) is 2.35. The van der Waals surface area contributed by atoms with E-state index >= 15 is 0 Å². The first-order valence-corrected chi connectivity index (χ1v) is 6.50. The third-order valence-electron chi connectivity index (χ3n) is 3.49. The first-order chi connectivity index (χ1) is 9.22. The van der Waals surface area contributed by atoms with Gasteiger partial charge in [-0.3, -0.25) is 0 Å². The van der Waals surface area contributed by atoms with Crippen molar-refractivity contribution in [1.29, 1.82) is 0 Å². The van der Waals surface area contributed by atoms with Gasteiger partial charge >= 0.3 is 0 Å². The van der Waals surface area contributed by atoms with Crippen LogP contribution in [0.5, 0.6) is 0 Å². The molecular formula is C16H15F2N. The molecule has 0 saturated heterocycles. The van der Waals surface area contributed by atoms with Crippen LogP contribution in [-0.2, 0) is 0 Å². The molecule has 3 heteroatoms. The molecule has 2 aromatic rings. The molecule has 19 heavy (non-hydrogen) atoms. The van der Waals surface area contributed by atoms with Gasteiger partial charge in [-0.25, -0.2) is 8.78 Å². The van der Waals surface area contributed by atoms with E-state index in [9.17, 15) is 8.78 Å². The van der Waals surface area contributed by atoms with Crippen LogP contribution in [0, 0.1) is 17.6 Å². The Kier molecular flexibility index (Phi) is 3.20. The van der Waals surface area contributed by atoms with Crippen LogP contribution >= 0.6 is 0 Å². The number of anilines is 1. The SMILES string of the molecule is Fc1ccc(NC(c2ccc(F)cc2)C2CC2)cc1. The van der Waals surface area contributed by atoms with Crippen molar-refractivity contribution in [2.75, 3.05) is 5.32 Å². The van der Waals surface area contributed by atoms with Gasteiger partial charge in [0.15, 0.2) is 0 Å². The quantitative estimate of drug-likeness (QED) is 0.850. The normalized spacial score (nSPS) is 16.1. The Bertz CT molecular complexity index is 544. The number of rotatable bonds is 4. The number of benzene rings is 2. The van der Waals surface area contributed by atoms with E-state index in [0.29, 0.717) is 5.92 Å². The zero-order chi connectivity index (χ0) is 13.2. The maximum Gasteiger partial charge on any atom is 0.123 e. The molecule has 1 nitrogen and oxygen atoms in total. The van der Waals surface area contributed by atoms with E-state index in [1.54, 1.807) is 12.1 Å². The zero-order valence-corrected chi connectivity index (χ0v) is 10.4. The Morgan fingerprint density at radius 3 is 1.89 bits per heavy atom. The summed E-state index contributed by atoms with van der Waals surface area (Å²) in [4.78, 5) is 0. The van der Waals surface area contributed by atoms with E-state index < -0.39 is 0 Å². The van der Waals surface area contributed by atoms with Gasteiger partial charge in [0.1, 0.15) is 11.6 Å². The van der Waals surface area contributed by atoms with E-state index in [4.69, 9.17) is 0 Å². The van der Waals surface area contributed by atoms with E-state index in [2.05, 4.69) is 5.32 Å². The number of hydrogen-bond donors (Lipinski definition) is 1. The number of nitrogens with one attached hydrogen (secondary N) is 1. The van der Waals surface area contributed by atoms with Crippen molar-refractivity contribution in [2.24, 2.45) is 5.92 Å². The minimum absolute atomic E-state index is 0.172. The number of hydrogen-bond acceptors (Lipinski definition) is 1. The van der Waals surface area contributed by atoms with Crippen molar-refractivity contribution in [3.8, 4) is 0 Å². The molecule has 98 valence electrons. The average molecular weight is 259 g/mol. The van der Waals surface area contributed by atoms with Crippen LogP contribution in [-0.4, -0.2) is 0 Å². The third-order valence-corrected chi connectivity index (χ3v) is 3.49. The molecule has 1 unspecified atom stereocenters. The highest BCUT2D eigenvalue weighted by molar-refractivity contribution is 5.46. The van der Waals surface area contributed by atoms with E-state index in [1.165, 1.54) is 37.1 Å². The maximum atomic E-state index is 13.0. The highest BCUT2D eigenvalue weighted by Crippen LogP contribution is 2.42. The van der Waals surface area contributed by atoms with Gasteiger partial charge in [0, 0.05) is 5.69 Å². The largest absolute Gasteiger partial charge is 0.378 e.